The number of nitrogens with one attached hydrogen (secondary N) is 1. The number of hydrogen-bond donors (Lipinski definition) is 1. The summed E-state index contributed by atoms with van der Waals surface area (Å²) in [6, 6.07) is 5.26. The summed E-state index contributed by atoms with van der Waals surface area (Å²) in [6.07, 6.45) is 2.39. The molecule has 1 aromatic carbocycles. The molecule has 0 spiro atoms. The summed E-state index contributed by atoms with van der Waals surface area (Å²) < 4.78 is 3.08. The van der Waals surface area contributed by atoms with Gasteiger partial charge in [0, 0.05) is 46.2 Å². The Labute approximate surface area is 174 Å². The van der Waals surface area contributed by atoms with Gasteiger partial charge in [0.15, 0.2) is 0 Å². The van der Waals surface area contributed by atoms with E-state index in [0.717, 1.165) is 56.5 Å². The highest BCUT2D eigenvalue weighted by Crippen LogP contribution is 2.24. The molecule has 30 heavy (non-hydrogen) atoms. The molecule has 3 heterocycles. The number of imidazole rings is 1. The van der Waals surface area contributed by atoms with E-state index in [1.54, 1.807) is 11.6 Å². The number of aromatic nitrogens is 2. The maximum atomic E-state index is 12.8. The van der Waals surface area contributed by atoms with Crippen LogP contribution < -0.4 is 11.0 Å². The van der Waals surface area contributed by atoms with Gasteiger partial charge in [-0.15, -0.1) is 0 Å². The summed E-state index contributed by atoms with van der Waals surface area (Å²) in [5.41, 5.74) is 2.39. The van der Waals surface area contributed by atoms with Crippen LogP contribution in [0.5, 0.6) is 0 Å². The maximum Gasteiger partial charge on any atom is 0.329 e. The number of amides is 2. The van der Waals surface area contributed by atoms with Gasteiger partial charge >= 0.3 is 5.69 Å². The molecule has 0 saturated carbocycles. The van der Waals surface area contributed by atoms with E-state index in [1.165, 1.54) is 4.57 Å². The van der Waals surface area contributed by atoms with Crippen LogP contribution in [-0.4, -0.2) is 76.3 Å². The van der Waals surface area contributed by atoms with Gasteiger partial charge in [0.05, 0.1) is 17.6 Å². The van der Waals surface area contributed by atoms with Crippen molar-refractivity contribution in [3.8, 4) is 0 Å². The molecule has 1 N–H and O–H groups in total. The zero-order valence-corrected chi connectivity index (χ0v) is 17.2. The van der Waals surface area contributed by atoms with Crippen molar-refractivity contribution >= 4 is 29.1 Å². The lowest BCUT2D eigenvalue weighted by Crippen LogP contribution is -2.47. The number of carbonyl (C=O) groups excluding carboxylic acids is 3. The molecule has 2 aliphatic heterocycles. The van der Waals surface area contributed by atoms with Crippen LogP contribution in [0.4, 0.5) is 0 Å². The van der Waals surface area contributed by atoms with E-state index in [0.29, 0.717) is 18.5 Å². The van der Waals surface area contributed by atoms with E-state index in [9.17, 15) is 19.2 Å². The van der Waals surface area contributed by atoms with Gasteiger partial charge in [-0.3, -0.25) is 28.9 Å². The van der Waals surface area contributed by atoms with Gasteiger partial charge in [0.25, 0.3) is 0 Å². The lowest BCUT2D eigenvalue weighted by Gasteiger charge is -2.33. The van der Waals surface area contributed by atoms with Gasteiger partial charge in [-0.05, 0) is 30.5 Å². The van der Waals surface area contributed by atoms with Crippen LogP contribution in [0, 0.1) is 0 Å². The number of nitrogens with zero attached hydrogens (tertiary/aromatic N) is 4. The molecule has 2 amide bonds. The van der Waals surface area contributed by atoms with E-state index in [1.807, 2.05) is 18.2 Å². The van der Waals surface area contributed by atoms with Crippen molar-refractivity contribution in [2.75, 3.05) is 39.3 Å². The average Bonchev–Trinajstić information content (AvgIpc) is 2.98. The molecular formula is C21H27N5O4. The Hall–Kier alpha value is -2.78. The minimum atomic E-state index is -0.660. The van der Waals surface area contributed by atoms with Crippen molar-refractivity contribution in [2.24, 2.45) is 7.05 Å². The quantitative estimate of drug-likeness (QED) is 0.515. The summed E-state index contributed by atoms with van der Waals surface area (Å²) in [6.45, 7) is 5.12. The summed E-state index contributed by atoms with van der Waals surface area (Å²) >= 11 is 0. The second-order valence-electron chi connectivity index (χ2n) is 8.06. The molecule has 1 unspecified atom stereocenters. The minimum absolute atomic E-state index is 0.234. The van der Waals surface area contributed by atoms with Crippen LogP contribution in [0.3, 0.4) is 0 Å². The van der Waals surface area contributed by atoms with Crippen molar-refractivity contribution in [2.45, 2.75) is 25.3 Å². The van der Waals surface area contributed by atoms with Gasteiger partial charge in [-0.1, -0.05) is 6.07 Å². The Morgan fingerprint density at radius 2 is 1.80 bits per heavy atom. The van der Waals surface area contributed by atoms with Crippen LogP contribution in [-0.2, 0) is 27.9 Å². The lowest BCUT2D eigenvalue weighted by atomic mass is 10.1. The topological polar surface area (TPSA) is 96.6 Å². The Kier molecular flexibility index (Phi) is 5.83. The van der Waals surface area contributed by atoms with Crippen molar-refractivity contribution in [1.29, 1.82) is 0 Å². The first-order valence-corrected chi connectivity index (χ1v) is 10.4. The Morgan fingerprint density at radius 1 is 1.07 bits per heavy atom. The second-order valence-corrected chi connectivity index (χ2v) is 8.06. The van der Waals surface area contributed by atoms with Gasteiger partial charge in [-0.25, -0.2) is 4.79 Å². The molecule has 1 atom stereocenters. The number of rotatable bonds is 6. The SMILES string of the molecule is Cn1c(=O)n(C2CCC(=O)NC2=O)c2ccc(CCN3CCN(CC=O)CC3)cc21. The predicted octanol–water partition coefficient (Wildman–Crippen LogP) is -0.323. The summed E-state index contributed by atoms with van der Waals surface area (Å²) in [7, 11) is 1.71. The molecule has 1 aromatic heterocycles. The molecule has 9 heteroatoms. The zero-order chi connectivity index (χ0) is 21.3. The number of piperidine rings is 1. The highest BCUT2D eigenvalue weighted by atomic mass is 16.2. The minimum Gasteiger partial charge on any atom is -0.302 e. The molecule has 9 nitrogen and oxygen atoms in total. The van der Waals surface area contributed by atoms with Gasteiger partial charge < -0.3 is 9.69 Å². The maximum absolute atomic E-state index is 12.8. The fourth-order valence-electron chi connectivity index (χ4n) is 4.38. The number of carbonyl (C=O) groups is 3. The number of aryl methyl sites for hydroxylation is 1. The van der Waals surface area contributed by atoms with E-state index in [2.05, 4.69) is 15.1 Å². The van der Waals surface area contributed by atoms with E-state index in [-0.39, 0.29) is 18.0 Å². The van der Waals surface area contributed by atoms with Crippen LogP contribution in [0.2, 0.25) is 0 Å². The number of hydrogen-bond acceptors (Lipinski definition) is 6. The number of benzene rings is 1. The van der Waals surface area contributed by atoms with Crippen LogP contribution in [0.1, 0.15) is 24.4 Å². The average molecular weight is 413 g/mol. The molecule has 0 radical (unpaired) electrons. The van der Waals surface area contributed by atoms with Crippen molar-refractivity contribution in [1.82, 2.24) is 24.3 Å². The fraction of sp³-hybridized carbons (Fsp3) is 0.524. The number of aldehydes is 1. The van der Waals surface area contributed by atoms with Crippen molar-refractivity contribution in [3.05, 3.63) is 34.2 Å². The number of fused-ring (bicyclic) bond motifs is 1. The van der Waals surface area contributed by atoms with E-state index >= 15 is 0 Å². The highest BCUT2D eigenvalue weighted by Gasteiger charge is 2.31. The lowest BCUT2D eigenvalue weighted by molar-refractivity contribution is -0.135. The number of piperazine rings is 1. The fourth-order valence-corrected chi connectivity index (χ4v) is 4.38. The normalized spacial score (nSPS) is 21.2. The zero-order valence-electron chi connectivity index (χ0n) is 17.2. The molecule has 2 saturated heterocycles. The van der Waals surface area contributed by atoms with Gasteiger partial charge in [0.1, 0.15) is 12.3 Å². The van der Waals surface area contributed by atoms with Crippen molar-refractivity contribution < 1.29 is 14.4 Å². The highest BCUT2D eigenvalue weighted by molar-refractivity contribution is 6.00. The molecule has 2 aliphatic rings. The molecule has 2 fully saturated rings. The molecular weight excluding hydrogens is 386 g/mol. The van der Waals surface area contributed by atoms with E-state index in [4.69, 9.17) is 0 Å². The van der Waals surface area contributed by atoms with Crippen LogP contribution in [0.15, 0.2) is 23.0 Å². The second kappa shape index (κ2) is 8.53. The first-order chi connectivity index (χ1) is 14.5. The van der Waals surface area contributed by atoms with Crippen LogP contribution >= 0.6 is 0 Å². The summed E-state index contributed by atoms with van der Waals surface area (Å²) in [5, 5.41) is 2.33. The molecule has 2 aromatic rings. The molecule has 0 bridgehead atoms. The molecule has 160 valence electrons. The molecule has 4 rings (SSSR count). The monoisotopic (exact) mass is 413 g/mol. The third kappa shape index (κ3) is 3.95. The smallest absolute Gasteiger partial charge is 0.302 e. The summed E-state index contributed by atoms with van der Waals surface area (Å²) in [4.78, 5) is 51.8. The Morgan fingerprint density at radius 3 is 2.50 bits per heavy atom. The molecule has 0 aliphatic carbocycles. The Balaban J connectivity index is 1.49. The van der Waals surface area contributed by atoms with E-state index < -0.39 is 11.9 Å². The predicted molar refractivity (Wildman–Crippen MR) is 111 cm³/mol. The van der Waals surface area contributed by atoms with Crippen LogP contribution in [0.25, 0.3) is 11.0 Å². The summed E-state index contributed by atoms with van der Waals surface area (Å²) in [5.74, 6) is -0.711. The number of imide groups is 1. The Bertz CT molecular complexity index is 1030. The van der Waals surface area contributed by atoms with Gasteiger partial charge in [-0.2, -0.15) is 0 Å². The van der Waals surface area contributed by atoms with Gasteiger partial charge in [0.2, 0.25) is 11.8 Å². The first-order valence-electron chi connectivity index (χ1n) is 10.4. The third-order valence-corrected chi connectivity index (χ3v) is 6.19. The standard InChI is InChI=1S/C21H27N5O4/c1-23-18-14-15(6-7-24-8-10-25(11-9-24)12-13-27)2-3-16(18)26(21(23)30)17-4-5-19(28)22-20(17)29/h2-3,13-14,17H,4-12H2,1H3,(H,22,28,29). The third-order valence-electron chi connectivity index (χ3n) is 6.19. The largest absolute Gasteiger partial charge is 0.329 e. The first kappa shape index (κ1) is 20.5. The van der Waals surface area contributed by atoms with Crippen molar-refractivity contribution in [3.63, 3.8) is 0 Å².